The number of benzene rings is 1. The zero-order valence-corrected chi connectivity index (χ0v) is 21.9. The zero-order valence-electron chi connectivity index (χ0n) is 21.1. The van der Waals surface area contributed by atoms with Crippen LogP contribution in [-0.2, 0) is 0 Å². The number of carbonyl (C=O) groups is 1. The summed E-state index contributed by atoms with van der Waals surface area (Å²) in [7, 11) is 3.26. The Labute approximate surface area is 223 Å². The van der Waals surface area contributed by atoms with E-state index in [1.807, 2.05) is 32.0 Å². The van der Waals surface area contributed by atoms with Gasteiger partial charge in [-0.25, -0.2) is 4.98 Å². The number of nitrogens with one attached hydrogen (secondary N) is 2. The van der Waals surface area contributed by atoms with Crippen molar-refractivity contribution in [2.45, 2.75) is 25.9 Å². The Hall–Kier alpha value is -4.62. The quantitative estimate of drug-likeness (QED) is 0.375. The first-order chi connectivity index (χ1) is 18.3. The van der Waals surface area contributed by atoms with Gasteiger partial charge in [-0.15, -0.1) is 0 Å². The molecule has 5 rings (SSSR count). The Bertz CT molecular complexity index is 1650. The minimum Gasteiger partial charge on any atom is -0.480 e. The molecule has 1 aromatic carbocycles. The third-order valence-corrected chi connectivity index (χ3v) is 6.76. The average Bonchev–Trinajstić information content (AvgIpc) is 3.45. The summed E-state index contributed by atoms with van der Waals surface area (Å²) in [5.74, 6) is 0.521. The first-order valence-electron chi connectivity index (χ1n) is 11.8. The van der Waals surface area contributed by atoms with Gasteiger partial charge in [0.25, 0.3) is 11.5 Å². The van der Waals surface area contributed by atoms with Crippen LogP contribution in [0.1, 0.15) is 53.1 Å². The third-order valence-electron chi connectivity index (χ3n) is 6.48. The Balaban J connectivity index is 1.78. The van der Waals surface area contributed by atoms with Gasteiger partial charge in [-0.2, -0.15) is 10.2 Å². The van der Waals surface area contributed by atoms with Crippen molar-refractivity contribution in [3.05, 3.63) is 86.6 Å². The topological polar surface area (TPSA) is 129 Å². The minimum absolute atomic E-state index is 0.0237. The highest BCUT2D eigenvalue weighted by Crippen LogP contribution is 2.47. The number of aromatic amines is 1. The molecule has 0 saturated heterocycles. The fourth-order valence-corrected chi connectivity index (χ4v) is 5.01. The number of fused-ring (bicyclic) bond motifs is 1. The van der Waals surface area contributed by atoms with Crippen LogP contribution in [0.3, 0.4) is 0 Å². The van der Waals surface area contributed by atoms with Crippen LogP contribution in [0.2, 0.25) is 5.02 Å². The molecule has 1 aliphatic rings. The predicted octanol–water partition coefficient (Wildman–Crippen LogP) is 4.54. The monoisotopic (exact) mass is 529 g/mol. The Morgan fingerprint density at radius 2 is 1.92 bits per heavy atom. The van der Waals surface area contributed by atoms with E-state index in [0.717, 1.165) is 17.0 Å². The number of hydrogen-bond donors (Lipinski definition) is 2. The van der Waals surface area contributed by atoms with Gasteiger partial charge in [0.15, 0.2) is 0 Å². The van der Waals surface area contributed by atoms with Gasteiger partial charge in [0.2, 0.25) is 11.8 Å². The molecule has 3 aromatic heterocycles. The zero-order chi connectivity index (χ0) is 27.1. The number of aromatic nitrogens is 4. The minimum atomic E-state index is -0.563. The number of amides is 1. The molecule has 2 N–H and O–H groups in total. The lowest BCUT2D eigenvalue weighted by Crippen LogP contribution is -2.30. The van der Waals surface area contributed by atoms with E-state index >= 15 is 0 Å². The largest absolute Gasteiger partial charge is 0.480 e. The highest BCUT2D eigenvalue weighted by molar-refractivity contribution is 6.30. The molecule has 1 atom stereocenters. The molecule has 1 unspecified atom stereocenters. The standard InChI is InChI=1S/C27H24ClN7O3/c1-14(2)34-21(19-13-32-27(30-3)33-25(19)38-4)10-18-23(34)22(16-7-5-15(11-29)6-8-16)35(26(18)37)17-9-20(28)24(36)31-12-17/h5-10,12-14,22H,1-4H3,(H,31,36)(H,30,32,33). The molecule has 192 valence electrons. The number of anilines is 2. The van der Waals surface area contributed by atoms with Crippen molar-refractivity contribution in [1.29, 1.82) is 5.26 Å². The molecule has 0 fully saturated rings. The SMILES string of the molecule is CNc1ncc(-c2cc3c(n2C(C)C)C(c2ccc(C#N)cc2)N(c2c[nH]c(=O)c(Cl)c2)C3=O)c(OC)n1. The summed E-state index contributed by atoms with van der Waals surface area (Å²) in [5.41, 5.74) is 3.91. The summed E-state index contributed by atoms with van der Waals surface area (Å²) in [6.45, 7) is 4.05. The summed E-state index contributed by atoms with van der Waals surface area (Å²) < 4.78 is 7.65. The second kappa shape index (κ2) is 9.68. The van der Waals surface area contributed by atoms with Gasteiger partial charge in [-0.05, 0) is 43.7 Å². The van der Waals surface area contributed by atoms with Crippen LogP contribution in [-0.4, -0.2) is 39.6 Å². The average molecular weight is 530 g/mol. The first-order valence-corrected chi connectivity index (χ1v) is 12.2. The summed E-state index contributed by atoms with van der Waals surface area (Å²) in [6, 6.07) is 11.9. The Kier molecular flexibility index (Phi) is 6.38. The maximum atomic E-state index is 14.0. The smallest absolute Gasteiger partial charge is 0.266 e. The van der Waals surface area contributed by atoms with Gasteiger partial charge in [0.05, 0.1) is 46.9 Å². The van der Waals surface area contributed by atoms with Crippen LogP contribution in [0.25, 0.3) is 11.3 Å². The van der Waals surface area contributed by atoms with Gasteiger partial charge in [0, 0.05) is 25.5 Å². The number of H-pyrrole nitrogens is 1. The molecule has 38 heavy (non-hydrogen) atoms. The van der Waals surface area contributed by atoms with E-state index in [1.165, 1.54) is 19.4 Å². The maximum Gasteiger partial charge on any atom is 0.266 e. The van der Waals surface area contributed by atoms with E-state index in [9.17, 15) is 14.9 Å². The molecule has 0 radical (unpaired) electrons. The Morgan fingerprint density at radius 1 is 1.18 bits per heavy atom. The van der Waals surface area contributed by atoms with Gasteiger partial charge < -0.3 is 19.6 Å². The van der Waals surface area contributed by atoms with Crippen LogP contribution in [0, 0.1) is 11.3 Å². The van der Waals surface area contributed by atoms with Gasteiger partial charge in [-0.1, -0.05) is 23.7 Å². The summed E-state index contributed by atoms with van der Waals surface area (Å²) in [5, 5.41) is 12.2. The van der Waals surface area contributed by atoms with Crippen LogP contribution >= 0.6 is 11.6 Å². The number of nitrogens with zero attached hydrogens (tertiary/aromatic N) is 5. The molecular formula is C27H24ClN7O3. The molecule has 1 aliphatic heterocycles. The summed E-state index contributed by atoms with van der Waals surface area (Å²) in [6.07, 6.45) is 3.14. The molecule has 11 heteroatoms. The number of hydrogen-bond acceptors (Lipinski definition) is 7. The number of methoxy groups -OCH3 is 1. The fraction of sp³-hybridized carbons (Fsp3) is 0.222. The lowest BCUT2D eigenvalue weighted by Gasteiger charge is -2.29. The van der Waals surface area contributed by atoms with E-state index < -0.39 is 11.6 Å². The molecule has 0 spiro atoms. The number of ether oxygens (including phenoxy) is 1. The molecule has 1 amide bonds. The van der Waals surface area contributed by atoms with Gasteiger partial charge >= 0.3 is 0 Å². The number of halogens is 1. The molecule has 0 aliphatic carbocycles. The number of pyridine rings is 1. The van der Waals surface area contributed by atoms with Crippen molar-refractivity contribution in [1.82, 2.24) is 19.5 Å². The highest BCUT2D eigenvalue weighted by Gasteiger charge is 2.43. The summed E-state index contributed by atoms with van der Waals surface area (Å²) >= 11 is 6.15. The lowest BCUT2D eigenvalue weighted by molar-refractivity contribution is 0.0993. The second-order valence-electron chi connectivity index (χ2n) is 9.01. The predicted molar refractivity (Wildman–Crippen MR) is 144 cm³/mol. The second-order valence-corrected chi connectivity index (χ2v) is 9.41. The van der Waals surface area contributed by atoms with Crippen LogP contribution in [0.4, 0.5) is 11.6 Å². The normalized spacial score (nSPS) is 14.5. The van der Waals surface area contributed by atoms with Crippen LogP contribution < -0.4 is 20.5 Å². The van der Waals surface area contributed by atoms with Crippen molar-refractivity contribution >= 4 is 29.1 Å². The van der Waals surface area contributed by atoms with Crippen molar-refractivity contribution in [2.24, 2.45) is 0 Å². The number of carbonyl (C=O) groups excluding carboxylic acids is 1. The fourth-order valence-electron chi connectivity index (χ4n) is 4.84. The van der Waals surface area contributed by atoms with Crippen molar-refractivity contribution in [2.75, 3.05) is 24.4 Å². The summed E-state index contributed by atoms with van der Waals surface area (Å²) in [4.78, 5) is 39.0. The van der Waals surface area contributed by atoms with Gasteiger partial charge in [0.1, 0.15) is 11.1 Å². The van der Waals surface area contributed by atoms with Crippen LogP contribution in [0.15, 0.2) is 53.6 Å². The first kappa shape index (κ1) is 25.0. The van der Waals surface area contributed by atoms with E-state index in [4.69, 9.17) is 16.3 Å². The molecular weight excluding hydrogens is 506 g/mol. The maximum absolute atomic E-state index is 14.0. The Morgan fingerprint density at radius 3 is 2.53 bits per heavy atom. The lowest BCUT2D eigenvalue weighted by atomic mass is 10.0. The van der Waals surface area contributed by atoms with E-state index in [1.54, 1.807) is 30.3 Å². The van der Waals surface area contributed by atoms with E-state index in [0.29, 0.717) is 34.2 Å². The molecule has 10 nitrogen and oxygen atoms in total. The van der Waals surface area contributed by atoms with Crippen molar-refractivity contribution in [3.63, 3.8) is 0 Å². The van der Waals surface area contributed by atoms with Crippen molar-refractivity contribution in [3.8, 4) is 23.2 Å². The van der Waals surface area contributed by atoms with E-state index in [2.05, 4.69) is 30.9 Å². The van der Waals surface area contributed by atoms with Crippen molar-refractivity contribution < 1.29 is 9.53 Å². The highest BCUT2D eigenvalue weighted by atomic mass is 35.5. The molecule has 4 aromatic rings. The molecule has 0 saturated carbocycles. The van der Waals surface area contributed by atoms with Gasteiger partial charge in [-0.3, -0.25) is 14.5 Å². The molecule has 0 bridgehead atoms. The number of rotatable bonds is 6. The van der Waals surface area contributed by atoms with Crippen LogP contribution in [0.5, 0.6) is 5.88 Å². The van der Waals surface area contributed by atoms with E-state index in [-0.39, 0.29) is 17.0 Å². The third kappa shape index (κ3) is 3.97. The number of nitriles is 1. The molecule has 4 heterocycles.